The van der Waals surface area contributed by atoms with Crippen LogP contribution in [0.4, 0.5) is 0 Å². The van der Waals surface area contributed by atoms with E-state index in [4.69, 9.17) is 33.7 Å². The second kappa shape index (κ2) is 6.09. The zero-order valence-electron chi connectivity index (χ0n) is 10.6. The van der Waals surface area contributed by atoms with Crippen molar-refractivity contribution in [1.82, 2.24) is 4.90 Å². The molecule has 0 spiro atoms. The average molecular weight is 303 g/mol. The van der Waals surface area contributed by atoms with E-state index in [1.165, 1.54) is 0 Å². The van der Waals surface area contributed by atoms with Gasteiger partial charge in [-0.25, -0.2) is 0 Å². The van der Waals surface area contributed by atoms with E-state index in [1.54, 1.807) is 23.1 Å². The first-order valence-electron chi connectivity index (χ1n) is 6.11. The van der Waals surface area contributed by atoms with Crippen molar-refractivity contribution in [3.63, 3.8) is 0 Å². The summed E-state index contributed by atoms with van der Waals surface area (Å²) in [4.78, 5) is 14.2. The Morgan fingerprint density at radius 3 is 2.68 bits per heavy atom. The molecule has 2 N–H and O–H groups in total. The molecule has 0 saturated carbocycles. The van der Waals surface area contributed by atoms with Crippen molar-refractivity contribution in [2.75, 3.05) is 19.7 Å². The number of hydrogen-bond donors (Lipinski definition) is 1. The van der Waals surface area contributed by atoms with Gasteiger partial charge in [-0.2, -0.15) is 0 Å². The minimum atomic E-state index is -0.176. The van der Waals surface area contributed by atoms with Gasteiger partial charge in [0.25, 0.3) is 5.91 Å². The standard InChI is InChI=1S/C13H16Cl2N2O2/c1-8(16)11-7-17(5-6-19-11)13(18)12-9(14)3-2-4-10(12)15/h2-4,8,11H,5-7,16H2,1H3. The Morgan fingerprint density at radius 2 is 2.11 bits per heavy atom. The molecular weight excluding hydrogens is 287 g/mol. The molecule has 1 aromatic rings. The fraction of sp³-hybridized carbons (Fsp3) is 0.462. The van der Waals surface area contributed by atoms with Crippen LogP contribution in [0.3, 0.4) is 0 Å². The van der Waals surface area contributed by atoms with Gasteiger partial charge in [-0.1, -0.05) is 29.3 Å². The van der Waals surface area contributed by atoms with Crippen LogP contribution < -0.4 is 5.73 Å². The molecule has 0 aromatic heterocycles. The lowest BCUT2D eigenvalue weighted by atomic mass is 10.1. The summed E-state index contributed by atoms with van der Waals surface area (Å²) in [6.07, 6.45) is -0.154. The third-order valence-electron chi connectivity index (χ3n) is 3.14. The monoisotopic (exact) mass is 302 g/mol. The summed E-state index contributed by atoms with van der Waals surface area (Å²) in [6, 6.07) is 4.90. The zero-order chi connectivity index (χ0) is 14.0. The zero-order valence-corrected chi connectivity index (χ0v) is 12.1. The summed E-state index contributed by atoms with van der Waals surface area (Å²) < 4.78 is 5.53. The number of benzene rings is 1. The molecule has 2 unspecified atom stereocenters. The molecule has 1 amide bonds. The van der Waals surface area contributed by atoms with E-state index in [1.807, 2.05) is 6.92 Å². The Morgan fingerprint density at radius 1 is 1.47 bits per heavy atom. The van der Waals surface area contributed by atoms with E-state index in [9.17, 15) is 4.79 Å². The number of amides is 1. The number of ether oxygens (including phenoxy) is 1. The van der Waals surface area contributed by atoms with Crippen molar-refractivity contribution in [2.24, 2.45) is 5.73 Å². The van der Waals surface area contributed by atoms with Crippen molar-refractivity contribution in [1.29, 1.82) is 0 Å². The predicted molar refractivity (Wildman–Crippen MR) is 75.8 cm³/mol. The lowest BCUT2D eigenvalue weighted by molar-refractivity contribution is -0.0299. The first-order chi connectivity index (χ1) is 9.00. The predicted octanol–water partition coefficient (Wildman–Crippen LogP) is 2.18. The summed E-state index contributed by atoms with van der Waals surface area (Å²) >= 11 is 12.1. The Kier molecular flexibility index (Phi) is 4.68. The van der Waals surface area contributed by atoms with Crippen molar-refractivity contribution in [3.05, 3.63) is 33.8 Å². The molecule has 4 nitrogen and oxygen atoms in total. The molecule has 0 aliphatic carbocycles. The Labute approximate surface area is 122 Å². The highest BCUT2D eigenvalue weighted by atomic mass is 35.5. The van der Waals surface area contributed by atoms with E-state index in [-0.39, 0.29) is 18.1 Å². The van der Waals surface area contributed by atoms with Gasteiger partial charge in [-0.3, -0.25) is 4.79 Å². The second-order valence-electron chi connectivity index (χ2n) is 4.62. The van der Waals surface area contributed by atoms with Crippen molar-refractivity contribution in [2.45, 2.75) is 19.1 Å². The first kappa shape index (κ1) is 14.6. The highest BCUT2D eigenvalue weighted by molar-refractivity contribution is 6.39. The van der Waals surface area contributed by atoms with Gasteiger partial charge in [0, 0.05) is 19.1 Å². The van der Waals surface area contributed by atoms with Crippen LogP contribution in [-0.2, 0) is 4.74 Å². The molecule has 2 rings (SSSR count). The van der Waals surface area contributed by atoms with Gasteiger partial charge in [-0.05, 0) is 19.1 Å². The molecule has 6 heteroatoms. The van der Waals surface area contributed by atoms with Crippen LogP contribution in [0.2, 0.25) is 10.0 Å². The molecule has 19 heavy (non-hydrogen) atoms. The Hall–Kier alpha value is -0.810. The molecule has 104 valence electrons. The fourth-order valence-electron chi connectivity index (χ4n) is 2.04. The third kappa shape index (κ3) is 3.20. The maximum Gasteiger partial charge on any atom is 0.257 e. The van der Waals surface area contributed by atoms with Crippen LogP contribution in [0.5, 0.6) is 0 Å². The van der Waals surface area contributed by atoms with Crippen LogP contribution >= 0.6 is 23.2 Å². The Bertz CT molecular complexity index is 459. The normalized spacial score (nSPS) is 21.3. The van der Waals surface area contributed by atoms with Gasteiger partial charge < -0.3 is 15.4 Å². The summed E-state index contributed by atoms with van der Waals surface area (Å²) in [5.41, 5.74) is 6.16. The number of hydrogen-bond acceptors (Lipinski definition) is 3. The smallest absolute Gasteiger partial charge is 0.257 e. The quantitative estimate of drug-likeness (QED) is 0.911. The lowest BCUT2D eigenvalue weighted by Crippen LogP contribution is -2.51. The molecule has 2 atom stereocenters. The summed E-state index contributed by atoms with van der Waals surface area (Å²) in [7, 11) is 0. The number of morpholine rings is 1. The maximum absolute atomic E-state index is 12.5. The average Bonchev–Trinajstić information content (AvgIpc) is 2.38. The van der Waals surface area contributed by atoms with E-state index in [0.717, 1.165) is 0 Å². The van der Waals surface area contributed by atoms with E-state index < -0.39 is 0 Å². The molecule has 1 heterocycles. The number of rotatable bonds is 2. The van der Waals surface area contributed by atoms with Crippen LogP contribution in [0.15, 0.2) is 18.2 Å². The minimum Gasteiger partial charge on any atom is -0.373 e. The van der Waals surface area contributed by atoms with Gasteiger partial charge in [0.2, 0.25) is 0 Å². The van der Waals surface area contributed by atoms with Crippen molar-refractivity contribution < 1.29 is 9.53 Å². The van der Waals surface area contributed by atoms with Crippen molar-refractivity contribution >= 4 is 29.1 Å². The summed E-state index contributed by atoms with van der Waals surface area (Å²) in [6.45, 7) is 3.31. The second-order valence-corrected chi connectivity index (χ2v) is 5.43. The molecule has 0 radical (unpaired) electrons. The molecule has 1 fully saturated rings. The summed E-state index contributed by atoms with van der Waals surface area (Å²) in [5.74, 6) is -0.176. The van der Waals surface area contributed by atoms with Gasteiger partial charge in [-0.15, -0.1) is 0 Å². The van der Waals surface area contributed by atoms with Gasteiger partial charge in [0.1, 0.15) is 0 Å². The number of carbonyl (C=O) groups is 1. The van der Waals surface area contributed by atoms with Crippen LogP contribution in [0.1, 0.15) is 17.3 Å². The fourth-order valence-corrected chi connectivity index (χ4v) is 2.60. The topological polar surface area (TPSA) is 55.6 Å². The highest BCUT2D eigenvalue weighted by Gasteiger charge is 2.29. The maximum atomic E-state index is 12.5. The van der Waals surface area contributed by atoms with E-state index in [0.29, 0.717) is 35.3 Å². The summed E-state index contributed by atoms with van der Waals surface area (Å²) in [5, 5.41) is 0.725. The molecular formula is C13H16Cl2N2O2. The number of nitrogens with zero attached hydrogens (tertiary/aromatic N) is 1. The molecule has 1 saturated heterocycles. The SMILES string of the molecule is CC(N)C1CN(C(=O)c2c(Cl)cccc2Cl)CCO1. The van der Waals surface area contributed by atoms with Crippen LogP contribution in [0, 0.1) is 0 Å². The molecule has 1 aromatic carbocycles. The molecule has 1 aliphatic heterocycles. The first-order valence-corrected chi connectivity index (χ1v) is 6.86. The largest absolute Gasteiger partial charge is 0.373 e. The van der Waals surface area contributed by atoms with E-state index >= 15 is 0 Å². The van der Waals surface area contributed by atoms with Gasteiger partial charge in [0.05, 0.1) is 28.3 Å². The minimum absolute atomic E-state index is 0.127. The number of nitrogens with two attached hydrogens (primary N) is 1. The Balaban J connectivity index is 2.20. The van der Waals surface area contributed by atoms with Gasteiger partial charge >= 0.3 is 0 Å². The molecule has 1 aliphatic rings. The third-order valence-corrected chi connectivity index (χ3v) is 3.77. The number of carbonyl (C=O) groups excluding carboxylic acids is 1. The van der Waals surface area contributed by atoms with Gasteiger partial charge in [0.15, 0.2) is 0 Å². The van der Waals surface area contributed by atoms with Crippen LogP contribution in [0.25, 0.3) is 0 Å². The van der Waals surface area contributed by atoms with Crippen LogP contribution in [-0.4, -0.2) is 42.6 Å². The highest BCUT2D eigenvalue weighted by Crippen LogP contribution is 2.26. The lowest BCUT2D eigenvalue weighted by Gasteiger charge is -2.35. The molecule has 0 bridgehead atoms. The van der Waals surface area contributed by atoms with Crippen molar-refractivity contribution in [3.8, 4) is 0 Å². The number of halogens is 2. The van der Waals surface area contributed by atoms with E-state index in [2.05, 4.69) is 0 Å².